The molecule has 0 unspecified atom stereocenters. The molecule has 0 aromatic rings. The maximum Gasteiger partial charge on any atom is 0 e. The standard InChI is InChI=1S/C5H12.C4H10.B.H3N/c1-4-5(2)3;1-4(2)3;;/h5H,4H2,1-3H3;4H,1-3H3;;1H3. The van der Waals surface area contributed by atoms with Crippen molar-refractivity contribution in [1.82, 2.24) is 6.15 Å². The summed E-state index contributed by atoms with van der Waals surface area (Å²) in [6.45, 7) is 13.1. The van der Waals surface area contributed by atoms with E-state index in [4.69, 9.17) is 0 Å². The largest absolute Gasteiger partial charge is 0.344 e. The predicted octanol–water partition coefficient (Wildman–Crippen LogP) is 3.50. The Bertz CT molecular complexity index is 42.1. The Morgan fingerprint density at radius 2 is 1.00 bits per heavy atom. The third-order valence-corrected chi connectivity index (χ3v) is 0.816. The van der Waals surface area contributed by atoms with Gasteiger partial charge in [0.15, 0.2) is 0 Å². The zero-order chi connectivity index (χ0) is 7.86. The van der Waals surface area contributed by atoms with E-state index >= 15 is 0 Å². The van der Waals surface area contributed by atoms with E-state index in [2.05, 4.69) is 41.5 Å². The molecule has 0 bridgehead atoms. The SMILES string of the molecule is CC(C)C.CCC(C)C.N.[B]. The summed E-state index contributed by atoms with van der Waals surface area (Å²) in [6.07, 6.45) is 1.31. The molecule has 3 radical (unpaired) electrons. The van der Waals surface area contributed by atoms with E-state index in [1.54, 1.807) is 0 Å². The van der Waals surface area contributed by atoms with Crippen molar-refractivity contribution in [2.45, 2.75) is 48.0 Å². The van der Waals surface area contributed by atoms with Crippen LogP contribution in [0.1, 0.15) is 48.0 Å². The van der Waals surface area contributed by atoms with Crippen LogP contribution in [0.5, 0.6) is 0 Å². The van der Waals surface area contributed by atoms with E-state index in [-0.39, 0.29) is 14.6 Å². The summed E-state index contributed by atoms with van der Waals surface area (Å²) in [5, 5.41) is 0. The fourth-order valence-electron chi connectivity index (χ4n) is 0. The van der Waals surface area contributed by atoms with Crippen LogP contribution < -0.4 is 6.15 Å². The molecule has 0 aliphatic rings. The number of hydrogen-bond donors (Lipinski definition) is 1. The van der Waals surface area contributed by atoms with E-state index in [1.807, 2.05) is 0 Å². The lowest BCUT2D eigenvalue weighted by molar-refractivity contribution is 0.626. The fourth-order valence-corrected chi connectivity index (χ4v) is 0. The minimum absolute atomic E-state index is 0. The molecule has 3 N–H and O–H groups in total. The maximum absolute atomic E-state index is 2.22. The van der Waals surface area contributed by atoms with Crippen LogP contribution in [0.15, 0.2) is 0 Å². The van der Waals surface area contributed by atoms with Gasteiger partial charge in [0.2, 0.25) is 0 Å². The molecule has 0 saturated carbocycles. The molecule has 0 aliphatic heterocycles. The third kappa shape index (κ3) is 157. The van der Waals surface area contributed by atoms with Crippen molar-refractivity contribution >= 4 is 8.41 Å². The number of hydrogen-bond acceptors (Lipinski definition) is 1. The van der Waals surface area contributed by atoms with Gasteiger partial charge in [-0.3, -0.25) is 0 Å². The smallest absolute Gasteiger partial charge is 0 e. The molecule has 0 aromatic carbocycles. The molecule has 0 atom stereocenters. The van der Waals surface area contributed by atoms with Crippen LogP contribution in [-0.4, -0.2) is 8.41 Å². The fraction of sp³-hybridized carbons (Fsp3) is 1.00. The molecular formula is C9H25BN. The Kier molecular flexibility index (Phi) is 33.8. The average molecular weight is 158 g/mol. The lowest BCUT2D eigenvalue weighted by Gasteiger charge is -1.90. The molecule has 11 heavy (non-hydrogen) atoms. The van der Waals surface area contributed by atoms with Crippen LogP contribution in [-0.2, 0) is 0 Å². The van der Waals surface area contributed by atoms with E-state index < -0.39 is 0 Å². The molecule has 1 nitrogen and oxygen atoms in total. The van der Waals surface area contributed by atoms with Gasteiger partial charge in [-0.15, -0.1) is 0 Å². The van der Waals surface area contributed by atoms with Crippen molar-refractivity contribution in [1.29, 1.82) is 0 Å². The highest BCUT2D eigenvalue weighted by Gasteiger charge is 1.80. The Morgan fingerprint density at radius 1 is 0.909 bits per heavy atom. The van der Waals surface area contributed by atoms with Gasteiger partial charge in [-0.1, -0.05) is 48.0 Å². The lowest BCUT2D eigenvalue weighted by Crippen LogP contribution is -1.77. The Balaban J connectivity index is -0.0000000383. The molecule has 0 saturated heterocycles. The average Bonchev–Trinajstić information content (AvgIpc) is 1.65. The van der Waals surface area contributed by atoms with Crippen LogP contribution >= 0.6 is 0 Å². The first-order chi connectivity index (χ1) is 4.00. The quantitative estimate of drug-likeness (QED) is 0.582. The van der Waals surface area contributed by atoms with Crippen molar-refractivity contribution in [2.24, 2.45) is 11.8 Å². The normalized spacial score (nSPS) is 7.64. The van der Waals surface area contributed by atoms with Crippen molar-refractivity contribution in [3.05, 3.63) is 0 Å². The summed E-state index contributed by atoms with van der Waals surface area (Å²) in [6, 6.07) is 0. The highest BCUT2D eigenvalue weighted by atomic mass is 14.0. The van der Waals surface area contributed by atoms with Gasteiger partial charge in [0, 0.05) is 8.41 Å². The van der Waals surface area contributed by atoms with E-state index in [9.17, 15) is 0 Å². The maximum atomic E-state index is 2.22. The van der Waals surface area contributed by atoms with Gasteiger partial charge >= 0.3 is 0 Å². The summed E-state index contributed by atoms with van der Waals surface area (Å²) in [4.78, 5) is 0. The van der Waals surface area contributed by atoms with Crippen molar-refractivity contribution in [3.63, 3.8) is 0 Å². The monoisotopic (exact) mass is 158 g/mol. The summed E-state index contributed by atoms with van der Waals surface area (Å²) >= 11 is 0. The van der Waals surface area contributed by atoms with Gasteiger partial charge in [-0.05, 0) is 11.8 Å². The Morgan fingerprint density at radius 3 is 1.00 bits per heavy atom. The zero-order valence-electron chi connectivity index (χ0n) is 9.15. The summed E-state index contributed by atoms with van der Waals surface area (Å²) in [7, 11) is 0. The minimum Gasteiger partial charge on any atom is -0.344 e. The first-order valence-corrected chi connectivity index (χ1v) is 4.00. The Labute approximate surface area is 75.1 Å². The highest BCUT2D eigenvalue weighted by Crippen LogP contribution is 1.93. The van der Waals surface area contributed by atoms with Gasteiger partial charge in [0.05, 0.1) is 0 Å². The minimum atomic E-state index is 0. The molecule has 0 aliphatic carbocycles. The van der Waals surface area contributed by atoms with Gasteiger partial charge in [-0.2, -0.15) is 0 Å². The molecule has 0 spiro atoms. The van der Waals surface area contributed by atoms with Crippen molar-refractivity contribution in [2.75, 3.05) is 0 Å². The second-order valence-electron chi connectivity index (χ2n) is 3.53. The van der Waals surface area contributed by atoms with Crippen LogP contribution in [0, 0.1) is 11.8 Å². The van der Waals surface area contributed by atoms with Crippen LogP contribution in [0.2, 0.25) is 0 Å². The lowest BCUT2D eigenvalue weighted by atomic mass is 10.2. The van der Waals surface area contributed by atoms with E-state index in [1.165, 1.54) is 6.42 Å². The predicted molar refractivity (Wildman–Crippen MR) is 56.4 cm³/mol. The van der Waals surface area contributed by atoms with Gasteiger partial charge in [-0.25, -0.2) is 0 Å². The number of rotatable bonds is 1. The van der Waals surface area contributed by atoms with E-state index in [0.717, 1.165) is 11.8 Å². The van der Waals surface area contributed by atoms with Gasteiger partial charge < -0.3 is 6.15 Å². The molecule has 2 heteroatoms. The van der Waals surface area contributed by atoms with E-state index in [0.29, 0.717) is 0 Å². The first kappa shape index (κ1) is 22.5. The molecule has 0 aromatic heterocycles. The first-order valence-electron chi connectivity index (χ1n) is 4.00. The molecule has 69 valence electrons. The Hall–Kier alpha value is 0.0249. The highest BCUT2D eigenvalue weighted by molar-refractivity contribution is 5.75. The second-order valence-corrected chi connectivity index (χ2v) is 3.53. The van der Waals surface area contributed by atoms with Crippen LogP contribution in [0.4, 0.5) is 0 Å². The van der Waals surface area contributed by atoms with Gasteiger partial charge in [0.1, 0.15) is 0 Å². The summed E-state index contributed by atoms with van der Waals surface area (Å²) in [5.74, 6) is 1.72. The summed E-state index contributed by atoms with van der Waals surface area (Å²) in [5.41, 5.74) is 0. The molecule has 0 rings (SSSR count). The molecular weight excluding hydrogens is 133 g/mol. The van der Waals surface area contributed by atoms with Crippen molar-refractivity contribution < 1.29 is 0 Å². The zero-order valence-corrected chi connectivity index (χ0v) is 9.15. The third-order valence-electron chi connectivity index (χ3n) is 0.816. The molecule has 0 amide bonds. The van der Waals surface area contributed by atoms with Gasteiger partial charge in [0.25, 0.3) is 0 Å². The van der Waals surface area contributed by atoms with Crippen LogP contribution in [0.3, 0.4) is 0 Å². The summed E-state index contributed by atoms with van der Waals surface area (Å²) < 4.78 is 0. The van der Waals surface area contributed by atoms with Crippen LogP contribution in [0.25, 0.3) is 0 Å². The van der Waals surface area contributed by atoms with Crippen molar-refractivity contribution in [3.8, 4) is 0 Å². The second kappa shape index (κ2) is 16.5. The topological polar surface area (TPSA) is 35.0 Å². The molecule has 0 fully saturated rings. The molecule has 0 heterocycles.